The third-order valence-electron chi connectivity index (χ3n) is 2.80. The zero-order chi connectivity index (χ0) is 10.9. The minimum absolute atomic E-state index is 0.111. The van der Waals surface area contributed by atoms with Gasteiger partial charge in [-0.05, 0) is 40.0 Å². The third kappa shape index (κ3) is 4.63. The van der Waals surface area contributed by atoms with E-state index in [0.717, 1.165) is 6.54 Å². The minimum Gasteiger partial charge on any atom is -0.325 e. The van der Waals surface area contributed by atoms with E-state index in [1.54, 1.807) is 0 Å². The van der Waals surface area contributed by atoms with Crippen LogP contribution in [0, 0.1) is 5.41 Å². The molecular weight excluding hydrogens is 160 g/mol. The predicted molar refractivity (Wildman–Crippen MR) is 59.8 cm³/mol. The van der Waals surface area contributed by atoms with Crippen LogP contribution in [0.5, 0.6) is 0 Å². The van der Waals surface area contributed by atoms with Crippen molar-refractivity contribution in [3.63, 3.8) is 0 Å². The van der Waals surface area contributed by atoms with Crippen molar-refractivity contribution >= 4 is 0 Å². The molecule has 13 heavy (non-hydrogen) atoms. The van der Waals surface area contributed by atoms with Crippen LogP contribution in [0.4, 0.5) is 0 Å². The second-order valence-corrected chi connectivity index (χ2v) is 6.21. The standard InChI is InChI=1S/C11H26N2/c1-9(2,3)13-8-10(4,5)11(6,7)12/h13H,8,12H2,1-7H3. The van der Waals surface area contributed by atoms with Gasteiger partial charge in [0.1, 0.15) is 0 Å². The Balaban J connectivity index is 4.21. The fraction of sp³-hybridized carbons (Fsp3) is 1.00. The Morgan fingerprint density at radius 3 is 1.54 bits per heavy atom. The molecule has 0 aromatic rings. The first-order valence-corrected chi connectivity index (χ1v) is 5.00. The zero-order valence-electron chi connectivity index (χ0n) is 10.3. The summed E-state index contributed by atoms with van der Waals surface area (Å²) < 4.78 is 0. The Labute approximate surface area is 83.3 Å². The molecule has 0 aromatic carbocycles. The molecule has 0 rings (SSSR count). The molecular formula is C11H26N2. The molecule has 0 amide bonds. The van der Waals surface area contributed by atoms with Gasteiger partial charge in [0.15, 0.2) is 0 Å². The Morgan fingerprint density at radius 1 is 0.923 bits per heavy atom. The van der Waals surface area contributed by atoms with E-state index in [1.165, 1.54) is 0 Å². The maximum absolute atomic E-state index is 6.10. The van der Waals surface area contributed by atoms with Gasteiger partial charge in [-0.15, -0.1) is 0 Å². The van der Waals surface area contributed by atoms with Gasteiger partial charge in [-0.3, -0.25) is 0 Å². The molecule has 0 bridgehead atoms. The lowest BCUT2D eigenvalue weighted by molar-refractivity contribution is 0.178. The van der Waals surface area contributed by atoms with Crippen molar-refractivity contribution in [1.82, 2.24) is 5.32 Å². The Bertz CT molecular complexity index is 158. The largest absolute Gasteiger partial charge is 0.325 e. The maximum Gasteiger partial charge on any atom is 0.0161 e. The number of nitrogens with one attached hydrogen (secondary N) is 1. The van der Waals surface area contributed by atoms with Gasteiger partial charge in [0.05, 0.1) is 0 Å². The fourth-order valence-corrected chi connectivity index (χ4v) is 0.714. The van der Waals surface area contributed by atoms with E-state index in [-0.39, 0.29) is 16.5 Å². The molecule has 0 saturated carbocycles. The van der Waals surface area contributed by atoms with Gasteiger partial charge >= 0.3 is 0 Å². The van der Waals surface area contributed by atoms with Crippen molar-refractivity contribution in [2.24, 2.45) is 11.1 Å². The van der Waals surface area contributed by atoms with Crippen molar-refractivity contribution in [3.8, 4) is 0 Å². The highest BCUT2D eigenvalue weighted by molar-refractivity contribution is 4.92. The summed E-state index contributed by atoms with van der Waals surface area (Å²) in [5.74, 6) is 0. The normalized spacial score (nSPS) is 14.8. The molecule has 0 unspecified atom stereocenters. The van der Waals surface area contributed by atoms with Crippen LogP contribution in [-0.4, -0.2) is 17.6 Å². The summed E-state index contributed by atoms with van der Waals surface area (Å²) in [5, 5.41) is 3.49. The molecule has 2 nitrogen and oxygen atoms in total. The number of hydrogen-bond donors (Lipinski definition) is 2. The van der Waals surface area contributed by atoms with Crippen LogP contribution in [0.15, 0.2) is 0 Å². The molecule has 0 spiro atoms. The second kappa shape index (κ2) is 3.58. The monoisotopic (exact) mass is 186 g/mol. The van der Waals surface area contributed by atoms with E-state index in [2.05, 4.69) is 53.8 Å². The summed E-state index contributed by atoms with van der Waals surface area (Å²) in [4.78, 5) is 0. The summed E-state index contributed by atoms with van der Waals surface area (Å²) in [6, 6.07) is 0. The molecule has 0 saturated heterocycles. The fourth-order valence-electron chi connectivity index (χ4n) is 0.714. The first-order valence-electron chi connectivity index (χ1n) is 5.00. The van der Waals surface area contributed by atoms with E-state index in [0.29, 0.717) is 0 Å². The van der Waals surface area contributed by atoms with Gasteiger partial charge in [0, 0.05) is 17.6 Å². The lowest BCUT2D eigenvalue weighted by Gasteiger charge is -2.40. The molecule has 80 valence electrons. The third-order valence-corrected chi connectivity index (χ3v) is 2.80. The highest BCUT2D eigenvalue weighted by atomic mass is 15.0. The lowest BCUT2D eigenvalue weighted by Crippen LogP contribution is -2.54. The van der Waals surface area contributed by atoms with Gasteiger partial charge in [0.25, 0.3) is 0 Å². The topological polar surface area (TPSA) is 38.0 Å². The van der Waals surface area contributed by atoms with Crippen molar-refractivity contribution < 1.29 is 0 Å². The second-order valence-electron chi connectivity index (χ2n) is 6.21. The molecule has 0 fully saturated rings. The van der Waals surface area contributed by atoms with Gasteiger partial charge < -0.3 is 11.1 Å². The Hall–Kier alpha value is -0.0800. The van der Waals surface area contributed by atoms with Crippen LogP contribution >= 0.6 is 0 Å². The van der Waals surface area contributed by atoms with E-state index in [4.69, 9.17) is 5.73 Å². The van der Waals surface area contributed by atoms with Gasteiger partial charge in [-0.1, -0.05) is 13.8 Å². The summed E-state index contributed by atoms with van der Waals surface area (Å²) in [6.45, 7) is 16.0. The van der Waals surface area contributed by atoms with Crippen molar-refractivity contribution in [3.05, 3.63) is 0 Å². The lowest BCUT2D eigenvalue weighted by atomic mass is 9.75. The molecule has 2 heteroatoms. The van der Waals surface area contributed by atoms with Crippen LogP contribution in [-0.2, 0) is 0 Å². The Morgan fingerprint density at radius 2 is 1.31 bits per heavy atom. The van der Waals surface area contributed by atoms with E-state index >= 15 is 0 Å². The predicted octanol–water partition coefficient (Wildman–Crippen LogP) is 2.14. The van der Waals surface area contributed by atoms with Gasteiger partial charge in [0.2, 0.25) is 0 Å². The van der Waals surface area contributed by atoms with Crippen molar-refractivity contribution in [2.45, 2.75) is 59.5 Å². The smallest absolute Gasteiger partial charge is 0.0161 e. The number of nitrogens with two attached hydrogens (primary N) is 1. The molecule has 0 aliphatic rings. The molecule has 0 aliphatic heterocycles. The van der Waals surface area contributed by atoms with Crippen LogP contribution in [0.3, 0.4) is 0 Å². The quantitative estimate of drug-likeness (QED) is 0.708. The van der Waals surface area contributed by atoms with Crippen LogP contribution in [0.1, 0.15) is 48.5 Å². The molecule has 0 aromatic heterocycles. The Kier molecular flexibility index (Phi) is 3.56. The first-order chi connectivity index (χ1) is 5.46. The van der Waals surface area contributed by atoms with E-state index in [9.17, 15) is 0 Å². The first kappa shape index (κ1) is 12.9. The molecule has 0 heterocycles. The molecule has 0 atom stereocenters. The van der Waals surface area contributed by atoms with Crippen LogP contribution in [0.2, 0.25) is 0 Å². The molecule has 3 N–H and O–H groups in total. The van der Waals surface area contributed by atoms with Crippen molar-refractivity contribution in [2.75, 3.05) is 6.54 Å². The zero-order valence-corrected chi connectivity index (χ0v) is 10.3. The van der Waals surface area contributed by atoms with Crippen molar-refractivity contribution in [1.29, 1.82) is 0 Å². The van der Waals surface area contributed by atoms with Crippen LogP contribution in [0.25, 0.3) is 0 Å². The molecule has 0 radical (unpaired) electrons. The maximum atomic E-state index is 6.10. The summed E-state index contributed by atoms with van der Waals surface area (Å²) in [5.41, 5.74) is 6.24. The van der Waals surface area contributed by atoms with Crippen LogP contribution < -0.4 is 11.1 Å². The summed E-state index contributed by atoms with van der Waals surface area (Å²) >= 11 is 0. The summed E-state index contributed by atoms with van der Waals surface area (Å²) in [7, 11) is 0. The van der Waals surface area contributed by atoms with Gasteiger partial charge in [-0.2, -0.15) is 0 Å². The highest BCUT2D eigenvalue weighted by Crippen LogP contribution is 2.27. The highest BCUT2D eigenvalue weighted by Gasteiger charge is 2.33. The van der Waals surface area contributed by atoms with E-state index in [1.807, 2.05) is 0 Å². The summed E-state index contributed by atoms with van der Waals surface area (Å²) in [6.07, 6.45) is 0. The van der Waals surface area contributed by atoms with Gasteiger partial charge in [-0.25, -0.2) is 0 Å². The average Bonchev–Trinajstić information content (AvgIpc) is 1.79. The number of rotatable bonds is 3. The molecule has 0 aliphatic carbocycles. The van der Waals surface area contributed by atoms with E-state index < -0.39 is 0 Å². The minimum atomic E-state index is -0.148. The average molecular weight is 186 g/mol. The number of hydrogen-bond acceptors (Lipinski definition) is 2. The SMILES string of the molecule is CC(C)(C)NCC(C)(C)C(C)(C)N.